The summed E-state index contributed by atoms with van der Waals surface area (Å²) in [5.74, 6) is -0.368. The summed E-state index contributed by atoms with van der Waals surface area (Å²) in [7, 11) is 0. The average molecular weight is 268 g/mol. The number of carbonyl (C=O) groups is 1. The van der Waals surface area contributed by atoms with E-state index in [-0.39, 0.29) is 11.9 Å². The zero-order valence-corrected chi connectivity index (χ0v) is 11.8. The predicted molar refractivity (Wildman–Crippen MR) is 80.6 cm³/mol. The van der Waals surface area contributed by atoms with E-state index in [2.05, 4.69) is 0 Å². The lowest BCUT2D eigenvalue weighted by Gasteiger charge is -2.16. The Labute approximate surface area is 120 Å². The quantitative estimate of drug-likeness (QED) is 0.741. The molecule has 0 aromatic heterocycles. The number of rotatable bonds is 6. The Balaban J connectivity index is 2.18. The maximum absolute atomic E-state index is 12.3. The first-order valence-corrected chi connectivity index (χ1v) is 7.06. The van der Waals surface area contributed by atoms with Crippen LogP contribution in [0.5, 0.6) is 0 Å². The van der Waals surface area contributed by atoms with Crippen LogP contribution in [0.4, 0.5) is 0 Å². The summed E-state index contributed by atoms with van der Waals surface area (Å²) in [6.07, 6.45) is 1.52. The minimum atomic E-state index is -0.231. The van der Waals surface area contributed by atoms with Crippen molar-refractivity contribution < 1.29 is 9.53 Å². The van der Waals surface area contributed by atoms with Crippen LogP contribution in [0, 0.1) is 0 Å². The third kappa shape index (κ3) is 3.95. The van der Waals surface area contributed by atoms with Gasteiger partial charge < -0.3 is 4.74 Å². The molecule has 2 rings (SSSR count). The highest BCUT2D eigenvalue weighted by molar-refractivity contribution is 5.78. The summed E-state index contributed by atoms with van der Waals surface area (Å²) in [4.78, 5) is 12.3. The first-order valence-electron chi connectivity index (χ1n) is 7.06. The summed E-state index contributed by atoms with van der Waals surface area (Å²) in [5, 5.41) is 0. The molecule has 2 aromatic carbocycles. The fourth-order valence-electron chi connectivity index (χ4n) is 2.18. The second kappa shape index (κ2) is 7.49. The van der Waals surface area contributed by atoms with Crippen LogP contribution < -0.4 is 0 Å². The molecule has 104 valence electrons. The summed E-state index contributed by atoms with van der Waals surface area (Å²) in [6, 6.07) is 19.9. The molecule has 1 unspecified atom stereocenters. The molecule has 0 spiro atoms. The third-order valence-corrected chi connectivity index (χ3v) is 3.22. The van der Waals surface area contributed by atoms with Gasteiger partial charge in [-0.1, -0.05) is 67.6 Å². The van der Waals surface area contributed by atoms with Crippen LogP contribution in [0.25, 0.3) is 0 Å². The third-order valence-electron chi connectivity index (χ3n) is 3.22. The Bertz CT molecular complexity index is 520. The standard InChI is InChI=1S/C18H20O2/c1-2-13-20-18(19)17(16-11-7-4-8-12-16)14-15-9-5-3-6-10-15/h3-12,17H,2,13-14H2,1H3. The van der Waals surface area contributed by atoms with E-state index in [1.54, 1.807) is 0 Å². The molecule has 0 heterocycles. The predicted octanol–water partition coefficient (Wildman–Crippen LogP) is 3.97. The van der Waals surface area contributed by atoms with E-state index < -0.39 is 0 Å². The van der Waals surface area contributed by atoms with E-state index in [0.717, 1.165) is 17.5 Å². The van der Waals surface area contributed by atoms with Gasteiger partial charge in [0.25, 0.3) is 0 Å². The van der Waals surface area contributed by atoms with Gasteiger partial charge in [0.1, 0.15) is 0 Å². The summed E-state index contributed by atoms with van der Waals surface area (Å²) < 4.78 is 5.34. The molecule has 0 bridgehead atoms. The minimum Gasteiger partial charge on any atom is -0.465 e. The minimum absolute atomic E-state index is 0.137. The van der Waals surface area contributed by atoms with Crippen LogP contribution >= 0.6 is 0 Å². The lowest BCUT2D eigenvalue weighted by molar-refractivity contribution is -0.145. The Morgan fingerprint density at radius 2 is 1.60 bits per heavy atom. The Hall–Kier alpha value is -2.09. The van der Waals surface area contributed by atoms with Crippen molar-refractivity contribution in [1.29, 1.82) is 0 Å². The van der Waals surface area contributed by atoms with E-state index in [1.807, 2.05) is 67.6 Å². The highest BCUT2D eigenvalue weighted by Crippen LogP contribution is 2.22. The average Bonchev–Trinajstić information content (AvgIpc) is 2.52. The van der Waals surface area contributed by atoms with E-state index >= 15 is 0 Å². The zero-order chi connectivity index (χ0) is 14.2. The van der Waals surface area contributed by atoms with Gasteiger partial charge in [-0.25, -0.2) is 0 Å². The van der Waals surface area contributed by atoms with Crippen LogP contribution in [-0.2, 0) is 16.0 Å². The second-order valence-corrected chi connectivity index (χ2v) is 4.82. The molecule has 0 radical (unpaired) electrons. The molecule has 20 heavy (non-hydrogen) atoms. The van der Waals surface area contributed by atoms with Crippen LogP contribution in [0.3, 0.4) is 0 Å². The van der Waals surface area contributed by atoms with Gasteiger partial charge in [0.05, 0.1) is 12.5 Å². The number of ether oxygens (including phenoxy) is 1. The SMILES string of the molecule is CCCOC(=O)C(Cc1ccccc1)c1ccccc1. The molecule has 0 N–H and O–H groups in total. The highest BCUT2D eigenvalue weighted by Gasteiger charge is 2.22. The maximum atomic E-state index is 12.3. The monoisotopic (exact) mass is 268 g/mol. The van der Waals surface area contributed by atoms with Gasteiger partial charge in [-0.3, -0.25) is 4.79 Å². The molecule has 0 aliphatic carbocycles. The smallest absolute Gasteiger partial charge is 0.313 e. The summed E-state index contributed by atoms with van der Waals surface area (Å²) >= 11 is 0. The normalized spacial score (nSPS) is 11.8. The molecule has 2 nitrogen and oxygen atoms in total. The summed E-state index contributed by atoms with van der Waals surface area (Å²) in [6.45, 7) is 2.49. The molecule has 1 atom stereocenters. The lowest BCUT2D eigenvalue weighted by Crippen LogP contribution is -2.18. The molecular weight excluding hydrogens is 248 g/mol. The topological polar surface area (TPSA) is 26.3 Å². The molecule has 2 heteroatoms. The number of carbonyl (C=O) groups excluding carboxylic acids is 1. The molecule has 0 aliphatic heterocycles. The van der Waals surface area contributed by atoms with Crippen molar-refractivity contribution in [1.82, 2.24) is 0 Å². The Kier molecular flexibility index (Phi) is 5.36. The van der Waals surface area contributed by atoms with Crippen molar-refractivity contribution >= 4 is 5.97 Å². The first-order chi connectivity index (χ1) is 9.81. The van der Waals surface area contributed by atoms with Gasteiger partial charge in [0, 0.05) is 0 Å². The van der Waals surface area contributed by atoms with Crippen molar-refractivity contribution in [3.05, 3.63) is 71.8 Å². The molecule has 0 saturated carbocycles. The molecule has 0 fully saturated rings. The van der Waals surface area contributed by atoms with Crippen LogP contribution in [0.2, 0.25) is 0 Å². The maximum Gasteiger partial charge on any atom is 0.313 e. The number of hydrogen-bond donors (Lipinski definition) is 0. The van der Waals surface area contributed by atoms with E-state index in [0.29, 0.717) is 13.0 Å². The molecule has 0 saturated heterocycles. The molecular formula is C18H20O2. The first kappa shape index (κ1) is 14.3. The van der Waals surface area contributed by atoms with Crippen molar-refractivity contribution in [3.8, 4) is 0 Å². The summed E-state index contributed by atoms with van der Waals surface area (Å²) in [5.41, 5.74) is 2.16. The number of esters is 1. The van der Waals surface area contributed by atoms with Gasteiger partial charge in [-0.15, -0.1) is 0 Å². The van der Waals surface area contributed by atoms with Gasteiger partial charge in [-0.2, -0.15) is 0 Å². The Morgan fingerprint density at radius 1 is 1.00 bits per heavy atom. The molecule has 0 amide bonds. The van der Waals surface area contributed by atoms with Crippen LogP contribution in [0.1, 0.15) is 30.4 Å². The largest absolute Gasteiger partial charge is 0.465 e. The molecule has 2 aromatic rings. The fraction of sp³-hybridized carbons (Fsp3) is 0.278. The second-order valence-electron chi connectivity index (χ2n) is 4.82. The number of benzene rings is 2. The van der Waals surface area contributed by atoms with Crippen molar-refractivity contribution in [2.24, 2.45) is 0 Å². The van der Waals surface area contributed by atoms with Crippen molar-refractivity contribution in [2.45, 2.75) is 25.7 Å². The molecule has 0 aliphatic rings. The fourth-order valence-corrected chi connectivity index (χ4v) is 2.18. The van der Waals surface area contributed by atoms with Crippen molar-refractivity contribution in [3.63, 3.8) is 0 Å². The zero-order valence-electron chi connectivity index (χ0n) is 11.8. The van der Waals surface area contributed by atoms with Gasteiger partial charge in [-0.05, 0) is 24.0 Å². The van der Waals surface area contributed by atoms with E-state index in [9.17, 15) is 4.79 Å². The van der Waals surface area contributed by atoms with Gasteiger partial charge in [0.2, 0.25) is 0 Å². The van der Waals surface area contributed by atoms with Crippen LogP contribution in [-0.4, -0.2) is 12.6 Å². The van der Waals surface area contributed by atoms with Crippen LogP contribution in [0.15, 0.2) is 60.7 Å². The van der Waals surface area contributed by atoms with E-state index in [4.69, 9.17) is 4.74 Å². The highest BCUT2D eigenvalue weighted by atomic mass is 16.5. The lowest BCUT2D eigenvalue weighted by atomic mass is 9.92. The number of hydrogen-bond acceptors (Lipinski definition) is 2. The van der Waals surface area contributed by atoms with Gasteiger partial charge in [0.15, 0.2) is 0 Å². The van der Waals surface area contributed by atoms with E-state index in [1.165, 1.54) is 0 Å². The Morgan fingerprint density at radius 3 is 2.20 bits per heavy atom. The van der Waals surface area contributed by atoms with Crippen molar-refractivity contribution in [2.75, 3.05) is 6.61 Å². The van der Waals surface area contributed by atoms with Gasteiger partial charge >= 0.3 is 5.97 Å².